The highest BCUT2D eigenvalue weighted by Crippen LogP contribution is 2.33. The van der Waals surface area contributed by atoms with Gasteiger partial charge in [-0.2, -0.15) is 5.10 Å². The van der Waals surface area contributed by atoms with E-state index in [0.29, 0.717) is 5.56 Å². The fraction of sp³-hybridized carbons (Fsp3) is 0.308. The molecule has 1 amide bonds. The molecule has 0 aliphatic carbocycles. The lowest BCUT2D eigenvalue weighted by Crippen LogP contribution is -2.27. The maximum atomic E-state index is 13.6. The van der Waals surface area contributed by atoms with E-state index in [1.54, 1.807) is 24.1 Å². The number of benzene rings is 2. The first-order valence-electron chi connectivity index (χ1n) is 11.0. The summed E-state index contributed by atoms with van der Waals surface area (Å²) in [6, 6.07) is 15.0. The molecule has 5 nitrogen and oxygen atoms in total. The van der Waals surface area contributed by atoms with E-state index in [0.717, 1.165) is 42.6 Å². The smallest absolute Gasteiger partial charge is 0.254 e. The minimum absolute atomic E-state index is 0.137. The maximum absolute atomic E-state index is 13.6. The average Bonchev–Trinajstić information content (AvgIpc) is 3.23. The Kier molecular flexibility index (Phi) is 6.51. The monoisotopic (exact) mass is 432 g/mol. The van der Waals surface area contributed by atoms with E-state index in [1.165, 1.54) is 23.3 Å². The maximum Gasteiger partial charge on any atom is 0.254 e. The fourth-order valence-electron chi connectivity index (χ4n) is 4.17. The van der Waals surface area contributed by atoms with E-state index in [2.05, 4.69) is 46.6 Å². The molecule has 1 aliphatic rings. The zero-order chi connectivity index (χ0) is 22.7. The minimum Gasteiger partial charge on any atom is -0.345 e. The van der Waals surface area contributed by atoms with Crippen molar-refractivity contribution in [3.63, 3.8) is 0 Å². The number of hydrogen-bond acceptors (Lipinski definition) is 3. The summed E-state index contributed by atoms with van der Waals surface area (Å²) in [5.41, 5.74) is 6.32. The molecule has 166 valence electrons. The van der Waals surface area contributed by atoms with Gasteiger partial charge in [-0.1, -0.05) is 42.0 Å². The number of carbonyl (C=O) groups excluding carboxylic acids is 1. The molecule has 0 spiro atoms. The second-order valence-electron chi connectivity index (χ2n) is 8.51. The Morgan fingerprint density at radius 3 is 2.12 bits per heavy atom. The molecule has 0 bridgehead atoms. The molecule has 1 aromatic heterocycles. The number of carbonyl (C=O) groups is 1. The van der Waals surface area contributed by atoms with Gasteiger partial charge in [-0.05, 0) is 61.2 Å². The number of halogens is 1. The lowest BCUT2D eigenvalue weighted by atomic mass is 9.88. The van der Waals surface area contributed by atoms with E-state index in [9.17, 15) is 9.18 Å². The van der Waals surface area contributed by atoms with Crippen LogP contribution in [0.25, 0.3) is 5.57 Å². The third kappa shape index (κ3) is 4.97. The summed E-state index contributed by atoms with van der Waals surface area (Å²) in [6.45, 7) is 4.02. The van der Waals surface area contributed by atoms with Crippen LogP contribution in [0.1, 0.15) is 52.9 Å². The van der Waals surface area contributed by atoms with Gasteiger partial charge >= 0.3 is 0 Å². The quantitative estimate of drug-likeness (QED) is 0.642. The number of piperidine rings is 1. The second kappa shape index (κ2) is 9.49. The molecule has 6 heteroatoms. The fourth-order valence-corrected chi connectivity index (χ4v) is 4.17. The largest absolute Gasteiger partial charge is 0.345 e. The van der Waals surface area contributed by atoms with Crippen molar-refractivity contribution in [3.05, 3.63) is 94.6 Å². The van der Waals surface area contributed by atoms with Crippen LogP contribution in [-0.2, 0) is 7.05 Å². The molecular weight excluding hydrogens is 403 g/mol. The van der Waals surface area contributed by atoms with Gasteiger partial charge in [0.05, 0.1) is 17.8 Å². The Hall–Kier alpha value is -3.25. The van der Waals surface area contributed by atoms with Crippen LogP contribution in [0.3, 0.4) is 0 Å². The molecule has 4 rings (SSSR count). The van der Waals surface area contributed by atoms with Crippen molar-refractivity contribution < 1.29 is 9.18 Å². The summed E-state index contributed by atoms with van der Waals surface area (Å²) in [5.74, 6) is -0.370. The molecule has 1 atom stereocenters. The first kappa shape index (κ1) is 22.0. The van der Waals surface area contributed by atoms with E-state index in [4.69, 9.17) is 0 Å². The highest BCUT2D eigenvalue weighted by Gasteiger charge is 2.18. The van der Waals surface area contributed by atoms with Crippen molar-refractivity contribution in [3.8, 4) is 0 Å². The van der Waals surface area contributed by atoms with Gasteiger partial charge in [-0.25, -0.2) is 4.39 Å². The number of nitrogens with zero attached hydrogens (tertiary/aromatic N) is 3. The lowest BCUT2D eigenvalue weighted by molar-refractivity contribution is 0.0940. The number of aryl methyl sites for hydroxylation is 1. The molecule has 1 N–H and O–H groups in total. The number of amides is 1. The van der Waals surface area contributed by atoms with Crippen LogP contribution in [-0.4, -0.2) is 40.7 Å². The summed E-state index contributed by atoms with van der Waals surface area (Å²) < 4.78 is 15.2. The Morgan fingerprint density at radius 1 is 0.969 bits per heavy atom. The standard InChI is InChI=1S/C26H29FN4O/c1-18(29-26(32)23-16-28-31(3)17-23)19-4-6-20(7-5-19)25(21-8-10-24(27)11-9-21)22-12-14-30(2)15-13-22/h4-11,16-18H,12-15H2,1-3H3,(H,29,32)/t18-/m1/s1. The number of likely N-dealkylation sites (tertiary alicyclic amines) is 1. The van der Waals surface area contributed by atoms with Crippen molar-refractivity contribution in [2.45, 2.75) is 25.8 Å². The Balaban J connectivity index is 1.58. The van der Waals surface area contributed by atoms with Crippen molar-refractivity contribution in [2.24, 2.45) is 7.05 Å². The molecule has 0 unspecified atom stereocenters. The molecule has 32 heavy (non-hydrogen) atoms. The number of hydrogen-bond donors (Lipinski definition) is 1. The highest BCUT2D eigenvalue weighted by molar-refractivity contribution is 5.94. The Bertz CT molecular complexity index is 1110. The number of nitrogens with one attached hydrogen (secondary N) is 1. The van der Waals surface area contributed by atoms with E-state index in [-0.39, 0.29) is 17.8 Å². The molecule has 0 saturated carbocycles. The van der Waals surface area contributed by atoms with E-state index >= 15 is 0 Å². The van der Waals surface area contributed by atoms with Gasteiger partial charge in [-0.15, -0.1) is 0 Å². The van der Waals surface area contributed by atoms with Gasteiger partial charge in [-0.3, -0.25) is 9.48 Å². The average molecular weight is 433 g/mol. The van der Waals surface area contributed by atoms with Crippen molar-refractivity contribution in [1.29, 1.82) is 0 Å². The van der Waals surface area contributed by atoms with Gasteiger partial charge in [0.2, 0.25) is 0 Å². The minimum atomic E-state index is -0.227. The van der Waals surface area contributed by atoms with Crippen LogP contribution in [0.4, 0.5) is 4.39 Å². The predicted octanol–water partition coefficient (Wildman–Crippen LogP) is 4.58. The van der Waals surface area contributed by atoms with E-state index < -0.39 is 0 Å². The van der Waals surface area contributed by atoms with Crippen molar-refractivity contribution in [1.82, 2.24) is 20.0 Å². The lowest BCUT2D eigenvalue weighted by Gasteiger charge is -2.27. The molecule has 1 aliphatic heterocycles. The molecule has 1 fully saturated rings. The van der Waals surface area contributed by atoms with Crippen LogP contribution < -0.4 is 5.32 Å². The third-order valence-electron chi connectivity index (χ3n) is 6.09. The SMILES string of the molecule is C[C@@H](NC(=O)c1cnn(C)c1)c1ccc(C(=C2CCN(C)CC2)c2ccc(F)cc2)cc1. The zero-order valence-electron chi connectivity index (χ0n) is 18.8. The Morgan fingerprint density at radius 2 is 1.56 bits per heavy atom. The summed E-state index contributed by atoms with van der Waals surface area (Å²) >= 11 is 0. The predicted molar refractivity (Wildman–Crippen MR) is 125 cm³/mol. The second-order valence-corrected chi connectivity index (χ2v) is 8.51. The first-order valence-corrected chi connectivity index (χ1v) is 11.0. The van der Waals surface area contributed by atoms with Crippen LogP contribution in [0.15, 0.2) is 66.5 Å². The van der Waals surface area contributed by atoms with Crippen molar-refractivity contribution in [2.75, 3.05) is 20.1 Å². The van der Waals surface area contributed by atoms with Crippen LogP contribution in [0.2, 0.25) is 0 Å². The van der Waals surface area contributed by atoms with Gasteiger partial charge in [0.15, 0.2) is 0 Å². The number of aromatic nitrogens is 2. The van der Waals surface area contributed by atoms with Crippen LogP contribution in [0.5, 0.6) is 0 Å². The molecule has 0 radical (unpaired) electrons. The summed E-state index contributed by atoms with van der Waals surface area (Å²) in [4.78, 5) is 14.8. The van der Waals surface area contributed by atoms with Gasteiger partial charge < -0.3 is 10.2 Å². The van der Waals surface area contributed by atoms with Crippen molar-refractivity contribution >= 4 is 11.5 Å². The number of rotatable bonds is 5. The molecule has 2 aromatic carbocycles. The van der Waals surface area contributed by atoms with Gasteiger partial charge in [0.1, 0.15) is 5.82 Å². The van der Waals surface area contributed by atoms with Gasteiger partial charge in [0, 0.05) is 26.3 Å². The highest BCUT2D eigenvalue weighted by atomic mass is 19.1. The summed E-state index contributed by atoms with van der Waals surface area (Å²) in [7, 11) is 3.93. The molecular formula is C26H29FN4O. The third-order valence-corrected chi connectivity index (χ3v) is 6.09. The van der Waals surface area contributed by atoms with Crippen LogP contribution in [0, 0.1) is 5.82 Å². The van der Waals surface area contributed by atoms with Crippen LogP contribution >= 0.6 is 0 Å². The first-order chi connectivity index (χ1) is 15.4. The normalized spacial score (nSPS) is 15.4. The molecule has 1 saturated heterocycles. The Labute approximate surface area is 188 Å². The summed E-state index contributed by atoms with van der Waals surface area (Å²) in [5, 5.41) is 7.09. The topological polar surface area (TPSA) is 50.2 Å². The zero-order valence-corrected chi connectivity index (χ0v) is 18.8. The van der Waals surface area contributed by atoms with Gasteiger partial charge in [0.25, 0.3) is 5.91 Å². The summed E-state index contributed by atoms with van der Waals surface area (Å²) in [6.07, 6.45) is 5.27. The molecule has 2 heterocycles. The van der Waals surface area contributed by atoms with E-state index in [1.807, 2.05) is 19.1 Å². The molecule has 3 aromatic rings.